The molecule has 1 atom stereocenters. The van der Waals surface area contributed by atoms with Crippen LogP contribution in [0.15, 0.2) is 12.4 Å². The molecule has 96 valence electrons. The molecule has 0 amide bonds. The lowest BCUT2D eigenvalue weighted by molar-refractivity contribution is -0.0999. The molecular weight excluding hydrogens is 216 g/mol. The molecule has 1 aromatic rings. The maximum Gasteiger partial charge on any atom is 0.0886 e. The average molecular weight is 238 g/mol. The van der Waals surface area contributed by atoms with E-state index in [4.69, 9.17) is 10.6 Å². The van der Waals surface area contributed by atoms with E-state index >= 15 is 0 Å². The largest absolute Gasteiger partial charge is 0.376 e. The molecule has 1 aliphatic carbocycles. The molecule has 5 heteroatoms. The van der Waals surface area contributed by atoms with Gasteiger partial charge >= 0.3 is 0 Å². The molecule has 5 nitrogen and oxygen atoms in total. The fourth-order valence-electron chi connectivity index (χ4n) is 2.57. The van der Waals surface area contributed by atoms with Crippen LogP contribution in [-0.4, -0.2) is 22.5 Å². The Morgan fingerprint density at radius 2 is 2.41 bits per heavy atom. The summed E-state index contributed by atoms with van der Waals surface area (Å²) < 4.78 is 7.63. The highest BCUT2D eigenvalue weighted by Crippen LogP contribution is 2.44. The maximum atomic E-state index is 5.69. The number of hydrogen-bond donors (Lipinski definition) is 2. The molecular formula is C12H22N4O. The van der Waals surface area contributed by atoms with E-state index in [0.717, 1.165) is 31.4 Å². The summed E-state index contributed by atoms with van der Waals surface area (Å²) >= 11 is 0. The number of rotatable bonds is 6. The number of hydrazine groups is 1. The highest BCUT2D eigenvalue weighted by atomic mass is 16.5. The van der Waals surface area contributed by atoms with Crippen molar-refractivity contribution in [2.24, 2.45) is 5.84 Å². The molecule has 1 unspecified atom stereocenters. The Hall–Kier alpha value is -0.910. The topological polar surface area (TPSA) is 65.1 Å². The minimum absolute atomic E-state index is 0.0341. The third kappa shape index (κ3) is 2.22. The molecule has 1 fully saturated rings. The smallest absolute Gasteiger partial charge is 0.0886 e. The molecule has 0 aliphatic heterocycles. The Morgan fingerprint density at radius 1 is 1.65 bits per heavy atom. The van der Waals surface area contributed by atoms with E-state index in [0.29, 0.717) is 0 Å². The van der Waals surface area contributed by atoms with Crippen LogP contribution in [0.3, 0.4) is 0 Å². The van der Waals surface area contributed by atoms with E-state index in [9.17, 15) is 0 Å². The Morgan fingerprint density at radius 3 is 2.88 bits per heavy atom. The average Bonchev–Trinajstić information content (AvgIpc) is 2.72. The first-order chi connectivity index (χ1) is 8.25. The Kier molecular flexibility index (Phi) is 3.81. The lowest BCUT2D eigenvalue weighted by atomic mass is 9.73. The van der Waals surface area contributed by atoms with Crippen LogP contribution < -0.4 is 11.3 Å². The number of ether oxygens (including phenoxy) is 1. The minimum atomic E-state index is -0.144. The molecule has 0 radical (unpaired) electrons. The third-order valence-corrected chi connectivity index (χ3v) is 3.74. The summed E-state index contributed by atoms with van der Waals surface area (Å²) in [6.45, 7) is 3.08. The van der Waals surface area contributed by atoms with Crippen LogP contribution in [-0.2, 0) is 11.3 Å². The second kappa shape index (κ2) is 5.16. The van der Waals surface area contributed by atoms with Gasteiger partial charge in [-0.25, -0.2) is 5.43 Å². The summed E-state index contributed by atoms with van der Waals surface area (Å²) in [6.07, 6.45) is 8.34. The Balaban J connectivity index is 2.16. The van der Waals surface area contributed by atoms with Gasteiger partial charge in [0.15, 0.2) is 0 Å². The Labute approximate surface area is 102 Å². The van der Waals surface area contributed by atoms with E-state index in [1.54, 1.807) is 7.11 Å². The summed E-state index contributed by atoms with van der Waals surface area (Å²) in [7, 11) is 1.76. The number of nitrogens with one attached hydrogen (secondary N) is 1. The summed E-state index contributed by atoms with van der Waals surface area (Å²) in [5.41, 5.74) is 3.86. The summed E-state index contributed by atoms with van der Waals surface area (Å²) in [6, 6.07) is 0.0341. The van der Waals surface area contributed by atoms with Gasteiger partial charge in [-0.1, -0.05) is 6.92 Å². The van der Waals surface area contributed by atoms with Gasteiger partial charge in [0.1, 0.15) is 0 Å². The van der Waals surface area contributed by atoms with Crippen molar-refractivity contribution in [1.82, 2.24) is 15.2 Å². The molecule has 2 rings (SSSR count). The quantitative estimate of drug-likeness (QED) is 0.580. The van der Waals surface area contributed by atoms with Crippen LogP contribution in [0.1, 0.15) is 44.2 Å². The third-order valence-electron chi connectivity index (χ3n) is 3.74. The van der Waals surface area contributed by atoms with Gasteiger partial charge in [-0.05, 0) is 25.7 Å². The zero-order valence-electron chi connectivity index (χ0n) is 10.6. The molecule has 0 saturated heterocycles. The zero-order valence-corrected chi connectivity index (χ0v) is 10.6. The standard InChI is InChI=1S/C12H22N4O/c1-3-7-16-9-10(8-14-16)11(15-13)12(17-2)5-4-6-12/h8-9,11,15H,3-7,13H2,1-2H3. The predicted molar refractivity (Wildman–Crippen MR) is 66.2 cm³/mol. The van der Waals surface area contributed by atoms with Gasteiger partial charge < -0.3 is 4.74 Å². The maximum absolute atomic E-state index is 5.69. The summed E-state index contributed by atoms with van der Waals surface area (Å²) in [5.74, 6) is 5.69. The second-order valence-corrected chi connectivity index (χ2v) is 4.76. The summed E-state index contributed by atoms with van der Waals surface area (Å²) in [4.78, 5) is 0. The van der Waals surface area contributed by atoms with E-state index in [1.807, 2.05) is 10.9 Å². The molecule has 0 aromatic carbocycles. The second-order valence-electron chi connectivity index (χ2n) is 4.76. The minimum Gasteiger partial charge on any atom is -0.376 e. The number of aromatic nitrogens is 2. The number of aryl methyl sites for hydroxylation is 1. The molecule has 1 aromatic heterocycles. The van der Waals surface area contributed by atoms with Gasteiger partial charge in [-0.2, -0.15) is 5.10 Å². The van der Waals surface area contributed by atoms with Crippen molar-refractivity contribution in [3.63, 3.8) is 0 Å². The van der Waals surface area contributed by atoms with Gasteiger partial charge in [0.2, 0.25) is 0 Å². The fourth-order valence-corrected chi connectivity index (χ4v) is 2.57. The predicted octanol–water partition coefficient (Wildman–Crippen LogP) is 1.37. The highest BCUT2D eigenvalue weighted by molar-refractivity contribution is 5.18. The molecule has 1 aliphatic rings. The van der Waals surface area contributed by atoms with Crippen molar-refractivity contribution in [2.45, 2.75) is 50.8 Å². The van der Waals surface area contributed by atoms with Gasteiger partial charge in [0, 0.05) is 25.4 Å². The molecule has 0 spiro atoms. The van der Waals surface area contributed by atoms with Gasteiger partial charge in [-0.3, -0.25) is 10.5 Å². The van der Waals surface area contributed by atoms with Crippen LogP contribution in [0, 0.1) is 0 Å². The van der Waals surface area contributed by atoms with E-state index in [-0.39, 0.29) is 11.6 Å². The zero-order chi connectivity index (χ0) is 12.3. The van der Waals surface area contributed by atoms with Crippen LogP contribution in [0.2, 0.25) is 0 Å². The lowest BCUT2D eigenvalue weighted by Crippen LogP contribution is -2.52. The van der Waals surface area contributed by atoms with Crippen molar-refractivity contribution in [3.05, 3.63) is 18.0 Å². The molecule has 0 bridgehead atoms. The fraction of sp³-hybridized carbons (Fsp3) is 0.750. The number of nitrogens with two attached hydrogens (primary N) is 1. The first-order valence-electron chi connectivity index (χ1n) is 6.29. The van der Waals surface area contributed by atoms with Crippen LogP contribution in [0.5, 0.6) is 0 Å². The van der Waals surface area contributed by atoms with Gasteiger partial charge in [0.25, 0.3) is 0 Å². The molecule has 3 N–H and O–H groups in total. The monoisotopic (exact) mass is 238 g/mol. The Bertz CT molecular complexity index is 354. The normalized spacial score (nSPS) is 19.9. The van der Waals surface area contributed by atoms with Gasteiger partial charge in [0.05, 0.1) is 17.8 Å². The number of hydrogen-bond acceptors (Lipinski definition) is 4. The first-order valence-corrected chi connectivity index (χ1v) is 6.29. The molecule has 1 heterocycles. The van der Waals surface area contributed by atoms with Crippen molar-refractivity contribution < 1.29 is 4.74 Å². The number of methoxy groups -OCH3 is 1. The SMILES string of the molecule is CCCn1cc(C(NN)C2(OC)CCC2)cn1. The first kappa shape index (κ1) is 12.5. The summed E-state index contributed by atoms with van der Waals surface area (Å²) in [5, 5.41) is 4.35. The van der Waals surface area contributed by atoms with Crippen molar-refractivity contribution in [1.29, 1.82) is 0 Å². The number of nitrogens with zero attached hydrogens (tertiary/aromatic N) is 2. The van der Waals surface area contributed by atoms with Crippen LogP contribution in [0.4, 0.5) is 0 Å². The molecule has 1 saturated carbocycles. The van der Waals surface area contributed by atoms with E-state index < -0.39 is 0 Å². The van der Waals surface area contributed by atoms with Crippen LogP contribution in [0.25, 0.3) is 0 Å². The van der Waals surface area contributed by atoms with Crippen molar-refractivity contribution >= 4 is 0 Å². The van der Waals surface area contributed by atoms with E-state index in [2.05, 4.69) is 23.6 Å². The molecule has 17 heavy (non-hydrogen) atoms. The lowest BCUT2D eigenvalue weighted by Gasteiger charge is -2.45. The van der Waals surface area contributed by atoms with Gasteiger partial charge in [-0.15, -0.1) is 0 Å². The van der Waals surface area contributed by atoms with Crippen molar-refractivity contribution in [2.75, 3.05) is 7.11 Å². The van der Waals surface area contributed by atoms with E-state index in [1.165, 1.54) is 6.42 Å². The highest BCUT2D eigenvalue weighted by Gasteiger charge is 2.45. The van der Waals surface area contributed by atoms with Crippen molar-refractivity contribution in [3.8, 4) is 0 Å². The van der Waals surface area contributed by atoms with Crippen LogP contribution >= 0.6 is 0 Å².